The minimum atomic E-state index is -0.0254. The van der Waals surface area contributed by atoms with E-state index in [1.165, 1.54) is 5.57 Å². The van der Waals surface area contributed by atoms with E-state index in [0.29, 0.717) is 24.4 Å². The largest absolute Gasteiger partial charge is 0.396 e. The van der Waals surface area contributed by atoms with Gasteiger partial charge >= 0.3 is 0 Å². The topological polar surface area (TPSA) is 29.5 Å². The first-order valence-electron chi connectivity index (χ1n) is 5.49. The molecule has 0 aromatic rings. The number of fused-ring (bicyclic) bond motifs is 2. The predicted molar refractivity (Wildman–Crippen MR) is 55.9 cm³/mol. The lowest BCUT2D eigenvalue weighted by Gasteiger charge is -2.52. The van der Waals surface area contributed by atoms with Crippen molar-refractivity contribution in [3.63, 3.8) is 0 Å². The minimum Gasteiger partial charge on any atom is -0.396 e. The average Bonchev–Trinajstić information content (AvgIpc) is 2.15. The van der Waals surface area contributed by atoms with E-state index >= 15 is 0 Å². The zero-order chi connectivity index (χ0) is 10.3. The Morgan fingerprint density at radius 3 is 2.93 bits per heavy atom. The van der Waals surface area contributed by atoms with Crippen molar-refractivity contribution in [3.8, 4) is 0 Å². The Morgan fingerprint density at radius 1 is 1.57 bits per heavy atom. The Balaban J connectivity index is 2.40. The molecular formula is C12H20O2. The quantitative estimate of drug-likeness (QED) is 0.648. The second-order valence-electron chi connectivity index (χ2n) is 5.00. The normalized spacial score (nSPS) is 47.4. The molecule has 80 valence electrons. The number of hydrogen-bond acceptors (Lipinski definition) is 2. The predicted octanol–water partition coefficient (Wildman–Crippen LogP) is 1.84. The Bertz CT molecular complexity index is 259. The Hall–Kier alpha value is -0.340. The summed E-state index contributed by atoms with van der Waals surface area (Å²) in [6, 6.07) is 0. The Labute approximate surface area is 86.0 Å². The van der Waals surface area contributed by atoms with Crippen LogP contribution in [0.3, 0.4) is 0 Å². The standard InChI is InChI=1S/C12H20O2/c1-8-4-9(2)12(6-13)7-14-5-11(8)10(12)3/h4,9-11,13H,5-7H2,1-3H3/t9-,10+,11+,12+/m0/s1. The van der Waals surface area contributed by atoms with E-state index in [1.807, 2.05) is 0 Å². The van der Waals surface area contributed by atoms with Crippen molar-refractivity contribution in [1.82, 2.24) is 0 Å². The van der Waals surface area contributed by atoms with Crippen LogP contribution in [0.5, 0.6) is 0 Å². The van der Waals surface area contributed by atoms with Gasteiger partial charge in [-0.25, -0.2) is 0 Å². The maximum absolute atomic E-state index is 9.61. The molecule has 14 heavy (non-hydrogen) atoms. The molecule has 1 aliphatic carbocycles. The zero-order valence-electron chi connectivity index (χ0n) is 9.29. The van der Waals surface area contributed by atoms with Gasteiger partial charge in [0, 0.05) is 11.3 Å². The fraction of sp³-hybridized carbons (Fsp3) is 0.833. The molecule has 1 aliphatic heterocycles. The van der Waals surface area contributed by atoms with Gasteiger partial charge in [0.1, 0.15) is 0 Å². The van der Waals surface area contributed by atoms with Gasteiger partial charge in [-0.05, 0) is 18.8 Å². The molecule has 4 atom stereocenters. The molecule has 1 N–H and O–H groups in total. The van der Waals surface area contributed by atoms with Crippen molar-refractivity contribution in [2.45, 2.75) is 20.8 Å². The first-order chi connectivity index (χ1) is 6.62. The van der Waals surface area contributed by atoms with Crippen LogP contribution in [0, 0.1) is 23.2 Å². The van der Waals surface area contributed by atoms with E-state index in [9.17, 15) is 5.11 Å². The summed E-state index contributed by atoms with van der Waals surface area (Å²) in [5.41, 5.74) is 1.41. The van der Waals surface area contributed by atoms with Crippen LogP contribution in [-0.4, -0.2) is 24.9 Å². The van der Waals surface area contributed by atoms with Crippen molar-refractivity contribution >= 4 is 0 Å². The molecule has 0 radical (unpaired) electrons. The van der Waals surface area contributed by atoms with E-state index in [1.54, 1.807) is 0 Å². The molecule has 2 rings (SSSR count). The highest BCUT2D eigenvalue weighted by molar-refractivity contribution is 5.18. The van der Waals surface area contributed by atoms with Crippen LogP contribution in [0.4, 0.5) is 0 Å². The highest BCUT2D eigenvalue weighted by atomic mass is 16.5. The van der Waals surface area contributed by atoms with Gasteiger partial charge in [0.05, 0.1) is 19.8 Å². The second-order valence-corrected chi connectivity index (χ2v) is 5.00. The maximum Gasteiger partial charge on any atom is 0.0553 e. The summed E-state index contributed by atoms with van der Waals surface area (Å²) in [5, 5.41) is 9.61. The Kier molecular flexibility index (Phi) is 2.44. The van der Waals surface area contributed by atoms with Gasteiger partial charge in [0.2, 0.25) is 0 Å². The number of aliphatic hydroxyl groups is 1. The Morgan fingerprint density at radius 2 is 2.29 bits per heavy atom. The lowest BCUT2D eigenvalue weighted by Crippen LogP contribution is -2.53. The van der Waals surface area contributed by atoms with Crippen LogP contribution in [0.1, 0.15) is 20.8 Å². The van der Waals surface area contributed by atoms with Gasteiger partial charge in [-0.1, -0.05) is 25.5 Å². The fourth-order valence-electron chi connectivity index (χ4n) is 3.14. The molecule has 1 saturated heterocycles. The molecule has 2 heteroatoms. The fourth-order valence-corrected chi connectivity index (χ4v) is 3.14. The van der Waals surface area contributed by atoms with Gasteiger partial charge in [-0.3, -0.25) is 0 Å². The van der Waals surface area contributed by atoms with E-state index in [4.69, 9.17) is 4.74 Å². The maximum atomic E-state index is 9.61. The van der Waals surface area contributed by atoms with Crippen molar-refractivity contribution in [2.75, 3.05) is 19.8 Å². The summed E-state index contributed by atoms with van der Waals surface area (Å²) in [6.45, 7) is 8.44. The second kappa shape index (κ2) is 3.35. The van der Waals surface area contributed by atoms with Crippen LogP contribution in [-0.2, 0) is 4.74 Å². The third-order valence-electron chi connectivity index (χ3n) is 4.48. The van der Waals surface area contributed by atoms with E-state index < -0.39 is 0 Å². The molecule has 0 saturated carbocycles. The minimum absolute atomic E-state index is 0.0254. The molecule has 1 heterocycles. The van der Waals surface area contributed by atoms with Crippen molar-refractivity contribution in [2.24, 2.45) is 23.2 Å². The molecule has 0 unspecified atom stereocenters. The average molecular weight is 196 g/mol. The zero-order valence-corrected chi connectivity index (χ0v) is 9.29. The summed E-state index contributed by atoms with van der Waals surface area (Å²) in [4.78, 5) is 0. The molecule has 2 bridgehead atoms. The summed E-state index contributed by atoms with van der Waals surface area (Å²) in [7, 11) is 0. The highest BCUT2D eigenvalue weighted by Gasteiger charge is 2.49. The van der Waals surface area contributed by atoms with Crippen molar-refractivity contribution < 1.29 is 9.84 Å². The number of rotatable bonds is 1. The van der Waals surface area contributed by atoms with Crippen molar-refractivity contribution in [3.05, 3.63) is 11.6 Å². The van der Waals surface area contributed by atoms with Crippen LogP contribution in [0.15, 0.2) is 11.6 Å². The summed E-state index contributed by atoms with van der Waals surface area (Å²) < 4.78 is 5.64. The van der Waals surface area contributed by atoms with Gasteiger partial charge in [0.25, 0.3) is 0 Å². The summed E-state index contributed by atoms with van der Waals surface area (Å²) >= 11 is 0. The van der Waals surface area contributed by atoms with Crippen LogP contribution in [0.2, 0.25) is 0 Å². The highest BCUT2D eigenvalue weighted by Crippen LogP contribution is 2.49. The van der Waals surface area contributed by atoms with Gasteiger partial charge < -0.3 is 9.84 Å². The number of hydrogen-bond donors (Lipinski definition) is 1. The first kappa shape index (κ1) is 10.2. The van der Waals surface area contributed by atoms with Gasteiger partial charge in [0.15, 0.2) is 0 Å². The van der Waals surface area contributed by atoms with Gasteiger partial charge in [-0.2, -0.15) is 0 Å². The summed E-state index contributed by atoms with van der Waals surface area (Å²) in [6.07, 6.45) is 2.32. The van der Waals surface area contributed by atoms with Crippen LogP contribution < -0.4 is 0 Å². The monoisotopic (exact) mass is 196 g/mol. The molecule has 1 fully saturated rings. The molecule has 0 spiro atoms. The van der Waals surface area contributed by atoms with Crippen LogP contribution in [0.25, 0.3) is 0 Å². The smallest absolute Gasteiger partial charge is 0.0553 e. The lowest BCUT2D eigenvalue weighted by atomic mass is 9.58. The first-order valence-corrected chi connectivity index (χ1v) is 5.49. The molecule has 0 aromatic carbocycles. The molecule has 2 aliphatic rings. The SMILES string of the molecule is CC1=C[C@H](C)[C@@]2(CO)COC[C@H]1[C@H]2C. The van der Waals surface area contributed by atoms with Crippen molar-refractivity contribution in [1.29, 1.82) is 0 Å². The summed E-state index contributed by atoms with van der Waals surface area (Å²) in [5.74, 6) is 1.49. The van der Waals surface area contributed by atoms with E-state index in [2.05, 4.69) is 26.8 Å². The third-order valence-corrected chi connectivity index (χ3v) is 4.48. The molecule has 0 aromatic heterocycles. The molecule has 0 amide bonds. The van der Waals surface area contributed by atoms with Crippen LogP contribution >= 0.6 is 0 Å². The molecular weight excluding hydrogens is 176 g/mol. The number of allylic oxidation sites excluding steroid dienone is 1. The number of ether oxygens (including phenoxy) is 1. The third kappa shape index (κ3) is 1.17. The molecule has 2 nitrogen and oxygen atoms in total. The van der Waals surface area contributed by atoms with E-state index in [-0.39, 0.29) is 12.0 Å². The number of aliphatic hydroxyl groups excluding tert-OH is 1. The van der Waals surface area contributed by atoms with Gasteiger partial charge in [-0.15, -0.1) is 0 Å². The lowest BCUT2D eigenvalue weighted by molar-refractivity contribution is -0.124. The van der Waals surface area contributed by atoms with E-state index in [0.717, 1.165) is 6.61 Å².